The lowest BCUT2D eigenvalue weighted by molar-refractivity contribution is 0.102. The van der Waals surface area contributed by atoms with Crippen LogP contribution in [0.25, 0.3) is 33.4 Å². The number of para-hydroxylation sites is 1. The van der Waals surface area contributed by atoms with Crippen LogP contribution in [0.3, 0.4) is 0 Å². The highest BCUT2D eigenvalue weighted by molar-refractivity contribution is 7.14. The van der Waals surface area contributed by atoms with E-state index < -0.39 is 0 Å². The van der Waals surface area contributed by atoms with E-state index in [1.165, 1.54) is 11.3 Å². The number of rotatable bonds is 6. The monoisotopic (exact) mass is 535 g/mol. The molecule has 0 spiro atoms. The fourth-order valence-corrected chi connectivity index (χ4v) is 5.04. The number of pyridine rings is 1. The summed E-state index contributed by atoms with van der Waals surface area (Å²) < 4.78 is 10.9. The Labute approximate surface area is 221 Å². The first-order valence-corrected chi connectivity index (χ1v) is 12.4. The third-order valence-electron chi connectivity index (χ3n) is 5.58. The van der Waals surface area contributed by atoms with Crippen LogP contribution >= 0.6 is 34.5 Å². The Morgan fingerprint density at radius 1 is 0.889 bits per heavy atom. The maximum Gasteiger partial charge on any atom is 0.258 e. The number of aromatic nitrogens is 2. The molecule has 0 aliphatic rings. The van der Waals surface area contributed by atoms with E-state index in [0.717, 1.165) is 16.5 Å². The zero-order chi connectivity index (χ0) is 25.2. The second-order valence-corrected chi connectivity index (χ2v) is 9.46. The molecule has 0 atom stereocenters. The predicted octanol–water partition coefficient (Wildman–Crippen LogP) is 7.60. The first kappa shape index (κ1) is 24.1. The van der Waals surface area contributed by atoms with Gasteiger partial charge in [-0.3, -0.25) is 10.1 Å². The van der Waals surface area contributed by atoms with E-state index in [1.807, 2.05) is 41.8 Å². The minimum absolute atomic E-state index is 0.301. The Bertz CT molecular complexity index is 1600. The van der Waals surface area contributed by atoms with Crippen molar-refractivity contribution in [1.82, 2.24) is 9.97 Å². The number of halogens is 2. The number of hydrogen-bond acceptors (Lipinski definition) is 6. The largest absolute Gasteiger partial charge is 0.497 e. The van der Waals surface area contributed by atoms with Crippen LogP contribution in [-0.4, -0.2) is 30.1 Å². The summed E-state index contributed by atoms with van der Waals surface area (Å²) in [6.45, 7) is 0. The van der Waals surface area contributed by atoms with Crippen molar-refractivity contribution in [1.29, 1.82) is 0 Å². The molecule has 3 aromatic carbocycles. The average Bonchev–Trinajstić information content (AvgIpc) is 3.35. The molecule has 5 aromatic rings. The van der Waals surface area contributed by atoms with Gasteiger partial charge in [0.25, 0.3) is 5.91 Å². The molecule has 0 fully saturated rings. The topological polar surface area (TPSA) is 73.3 Å². The molecule has 0 aliphatic carbocycles. The summed E-state index contributed by atoms with van der Waals surface area (Å²) in [6, 6.07) is 19.9. The lowest BCUT2D eigenvalue weighted by Gasteiger charge is -2.13. The van der Waals surface area contributed by atoms with Crippen molar-refractivity contribution < 1.29 is 14.3 Å². The molecule has 180 valence electrons. The first-order valence-electron chi connectivity index (χ1n) is 10.8. The SMILES string of the molecule is COc1ccc(-c2cc(C(=O)Nc3nc(-c4ccc(Cl)cc4Cl)cs3)c3ccccc3n2)c(OC)c1. The van der Waals surface area contributed by atoms with Crippen molar-refractivity contribution >= 4 is 56.5 Å². The molecule has 0 unspecified atom stereocenters. The highest BCUT2D eigenvalue weighted by Crippen LogP contribution is 2.35. The van der Waals surface area contributed by atoms with E-state index in [4.69, 9.17) is 37.7 Å². The minimum Gasteiger partial charge on any atom is -0.497 e. The van der Waals surface area contributed by atoms with Crippen LogP contribution in [0, 0.1) is 0 Å². The van der Waals surface area contributed by atoms with Crippen molar-refractivity contribution in [2.75, 3.05) is 19.5 Å². The number of anilines is 1. The van der Waals surface area contributed by atoms with Gasteiger partial charge in [0.2, 0.25) is 0 Å². The third kappa shape index (κ3) is 4.73. The van der Waals surface area contributed by atoms with E-state index in [9.17, 15) is 4.79 Å². The molecule has 1 N–H and O–H groups in total. The summed E-state index contributed by atoms with van der Waals surface area (Å²) in [4.78, 5) is 22.8. The Hall–Kier alpha value is -3.65. The molecular formula is C27H19Cl2N3O3S. The van der Waals surface area contributed by atoms with Crippen LogP contribution < -0.4 is 14.8 Å². The Morgan fingerprint density at radius 3 is 2.47 bits per heavy atom. The van der Waals surface area contributed by atoms with Crippen LogP contribution in [0.15, 0.2) is 72.1 Å². The molecule has 2 heterocycles. The number of fused-ring (bicyclic) bond motifs is 1. The number of amides is 1. The van der Waals surface area contributed by atoms with E-state index >= 15 is 0 Å². The Balaban J connectivity index is 1.52. The maximum absolute atomic E-state index is 13.5. The molecule has 0 radical (unpaired) electrons. The van der Waals surface area contributed by atoms with Gasteiger partial charge in [0, 0.05) is 33.0 Å². The fourth-order valence-electron chi connectivity index (χ4n) is 3.83. The van der Waals surface area contributed by atoms with Crippen LogP contribution in [0.1, 0.15) is 10.4 Å². The molecule has 9 heteroatoms. The molecular weight excluding hydrogens is 517 g/mol. The molecule has 2 aromatic heterocycles. The van der Waals surface area contributed by atoms with E-state index in [1.54, 1.807) is 44.6 Å². The van der Waals surface area contributed by atoms with E-state index in [-0.39, 0.29) is 5.91 Å². The molecule has 1 amide bonds. The van der Waals surface area contributed by atoms with Gasteiger partial charge in [-0.15, -0.1) is 11.3 Å². The lowest BCUT2D eigenvalue weighted by Crippen LogP contribution is -2.13. The number of nitrogens with one attached hydrogen (secondary N) is 1. The van der Waals surface area contributed by atoms with Gasteiger partial charge in [-0.05, 0) is 42.5 Å². The number of carbonyl (C=O) groups excluding carboxylic acids is 1. The van der Waals surface area contributed by atoms with Crippen LogP contribution in [0.2, 0.25) is 10.0 Å². The van der Waals surface area contributed by atoms with E-state index in [2.05, 4.69) is 10.3 Å². The molecule has 5 rings (SSSR count). The number of carbonyl (C=O) groups is 1. The van der Waals surface area contributed by atoms with Gasteiger partial charge in [0.15, 0.2) is 5.13 Å². The zero-order valence-electron chi connectivity index (χ0n) is 19.2. The number of ether oxygens (including phenoxy) is 2. The van der Waals surface area contributed by atoms with Crippen molar-refractivity contribution in [3.8, 4) is 34.0 Å². The lowest BCUT2D eigenvalue weighted by atomic mass is 10.0. The van der Waals surface area contributed by atoms with Gasteiger partial charge >= 0.3 is 0 Å². The Kier molecular flexibility index (Phi) is 6.78. The highest BCUT2D eigenvalue weighted by atomic mass is 35.5. The quantitative estimate of drug-likeness (QED) is 0.242. The predicted molar refractivity (Wildman–Crippen MR) is 146 cm³/mol. The zero-order valence-corrected chi connectivity index (χ0v) is 21.5. The van der Waals surface area contributed by atoms with Crippen molar-refractivity contribution in [2.45, 2.75) is 0 Å². The average molecular weight is 536 g/mol. The number of thiazole rings is 1. The minimum atomic E-state index is -0.301. The highest BCUT2D eigenvalue weighted by Gasteiger charge is 2.18. The van der Waals surface area contributed by atoms with Gasteiger partial charge < -0.3 is 9.47 Å². The van der Waals surface area contributed by atoms with Crippen molar-refractivity contribution in [3.05, 3.63) is 87.7 Å². The second kappa shape index (κ2) is 10.1. The number of hydrogen-bond donors (Lipinski definition) is 1. The summed E-state index contributed by atoms with van der Waals surface area (Å²) in [7, 11) is 3.18. The molecule has 0 saturated heterocycles. The van der Waals surface area contributed by atoms with E-state index in [0.29, 0.717) is 49.1 Å². The number of nitrogens with zero attached hydrogens (tertiary/aromatic N) is 2. The summed E-state index contributed by atoms with van der Waals surface area (Å²) in [5.74, 6) is 0.952. The second-order valence-electron chi connectivity index (χ2n) is 7.75. The normalized spacial score (nSPS) is 10.9. The smallest absolute Gasteiger partial charge is 0.258 e. The number of methoxy groups -OCH3 is 2. The van der Waals surface area contributed by atoms with Gasteiger partial charge in [-0.1, -0.05) is 41.4 Å². The third-order valence-corrected chi connectivity index (χ3v) is 6.88. The number of benzene rings is 3. The van der Waals surface area contributed by atoms with Crippen molar-refractivity contribution in [2.24, 2.45) is 0 Å². The molecule has 0 aliphatic heterocycles. The van der Waals surface area contributed by atoms with Gasteiger partial charge in [0.1, 0.15) is 11.5 Å². The van der Waals surface area contributed by atoms with Crippen LogP contribution in [0.5, 0.6) is 11.5 Å². The van der Waals surface area contributed by atoms with Gasteiger partial charge in [0.05, 0.1) is 41.7 Å². The summed E-state index contributed by atoms with van der Waals surface area (Å²) in [6.07, 6.45) is 0. The maximum atomic E-state index is 13.5. The van der Waals surface area contributed by atoms with Crippen LogP contribution in [-0.2, 0) is 0 Å². The molecule has 6 nitrogen and oxygen atoms in total. The fraction of sp³-hybridized carbons (Fsp3) is 0.0741. The molecule has 0 saturated carbocycles. The standard InChI is InChI=1S/C27H19Cl2N3O3S/c1-34-16-8-10-19(25(12-16)35-2)23-13-20(17-5-3-4-6-22(17)30-23)26(33)32-27-31-24(14-36-27)18-9-7-15(28)11-21(18)29/h3-14H,1-2H3,(H,31,32,33). The van der Waals surface area contributed by atoms with Crippen LogP contribution in [0.4, 0.5) is 5.13 Å². The molecule has 0 bridgehead atoms. The summed E-state index contributed by atoms with van der Waals surface area (Å²) in [5, 5.41) is 6.96. The van der Waals surface area contributed by atoms with Gasteiger partial charge in [-0.25, -0.2) is 9.97 Å². The summed E-state index contributed by atoms with van der Waals surface area (Å²) >= 11 is 13.6. The summed E-state index contributed by atoms with van der Waals surface area (Å²) in [5.41, 5.74) is 3.89. The van der Waals surface area contributed by atoms with Crippen molar-refractivity contribution in [3.63, 3.8) is 0 Å². The van der Waals surface area contributed by atoms with Gasteiger partial charge in [-0.2, -0.15) is 0 Å². The Morgan fingerprint density at radius 2 is 1.69 bits per heavy atom. The first-order chi connectivity index (χ1) is 17.5. The molecule has 36 heavy (non-hydrogen) atoms.